The first kappa shape index (κ1) is 16.4. The van der Waals surface area contributed by atoms with E-state index >= 15 is 0 Å². The Bertz CT molecular complexity index is 559. The fraction of sp³-hybridized carbons (Fsp3) is 0.588. The Labute approximate surface area is 142 Å². The minimum Gasteiger partial charge on any atom is -0.490 e. The zero-order chi connectivity index (χ0) is 16.1. The zero-order valence-electron chi connectivity index (χ0n) is 13.6. The summed E-state index contributed by atoms with van der Waals surface area (Å²) in [5, 5.41) is 4.01. The first-order chi connectivity index (χ1) is 11.2. The number of halogens is 1. The summed E-state index contributed by atoms with van der Waals surface area (Å²) in [7, 11) is 1.83. The molecule has 2 saturated heterocycles. The number of hydrogen-bond donors (Lipinski definition) is 1. The van der Waals surface area contributed by atoms with E-state index in [2.05, 4.69) is 15.2 Å². The van der Waals surface area contributed by atoms with Crippen LogP contribution in [0.2, 0.25) is 5.02 Å². The number of likely N-dealkylation sites (tertiary alicyclic amines) is 1. The topological polar surface area (TPSA) is 46.1 Å². The number of aliphatic imine (C=N–C) groups is 1. The number of para-hydroxylation sites is 1. The Hall–Kier alpha value is -1.46. The molecule has 2 aliphatic rings. The first-order valence-electron chi connectivity index (χ1n) is 8.13. The minimum atomic E-state index is 0.339. The van der Waals surface area contributed by atoms with Crippen LogP contribution in [0.4, 0.5) is 0 Å². The van der Waals surface area contributed by atoms with Gasteiger partial charge in [0.25, 0.3) is 0 Å². The van der Waals surface area contributed by atoms with Gasteiger partial charge in [-0.2, -0.15) is 0 Å². The summed E-state index contributed by atoms with van der Waals surface area (Å²) in [4.78, 5) is 6.72. The summed E-state index contributed by atoms with van der Waals surface area (Å²) < 4.78 is 11.3. The molecule has 0 aliphatic carbocycles. The second kappa shape index (κ2) is 7.41. The third kappa shape index (κ3) is 3.90. The Balaban J connectivity index is 1.44. The van der Waals surface area contributed by atoms with Gasteiger partial charge < -0.3 is 19.7 Å². The van der Waals surface area contributed by atoms with Crippen LogP contribution < -0.4 is 10.1 Å². The monoisotopic (exact) mass is 337 g/mol. The van der Waals surface area contributed by atoms with Crippen LogP contribution in [-0.2, 0) is 4.74 Å². The van der Waals surface area contributed by atoms with Crippen molar-refractivity contribution in [3.05, 3.63) is 29.3 Å². The molecular formula is C17H24ClN3O2. The molecule has 1 atom stereocenters. The second-order valence-electron chi connectivity index (χ2n) is 6.23. The maximum Gasteiger partial charge on any atom is 0.193 e. The van der Waals surface area contributed by atoms with Crippen molar-refractivity contribution < 1.29 is 9.47 Å². The first-order valence-corrected chi connectivity index (χ1v) is 8.51. The van der Waals surface area contributed by atoms with Crippen molar-refractivity contribution in [2.75, 3.05) is 46.5 Å². The van der Waals surface area contributed by atoms with Gasteiger partial charge in [-0.3, -0.25) is 4.99 Å². The molecule has 1 spiro atoms. The third-order valence-electron chi connectivity index (χ3n) is 4.61. The summed E-state index contributed by atoms with van der Waals surface area (Å²) >= 11 is 6.08. The van der Waals surface area contributed by atoms with Gasteiger partial charge in [0, 0.05) is 32.2 Å². The summed E-state index contributed by atoms with van der Waals surface area (Å²) in [5.74, 6) is 1.66. The summed E-state index contributed by atoms with van der Waals surface area (Å²) in [5.41, 5.74) is 0.339. The van der Waals surface area contributed by atoms with Gasteiger partial charge in [-0.1, -0.05) is 23.7 Å². The molecule has 1 N–H and O–H groups in total. The smallest absolute Gasteiger partial charge is 0.193 e. The predicted octanol–water partition coefficient (Wildman–Crippen LogP) is 2.41. The fourth-order valence-electron chi connectivity index (χ4n) is 3.31. The van der Waals surface area contributed by atoms with Crippen molar-refractivity contribution >= 4 is 17.6 Å². The van der Waals surface area contributed by atoms with E-state index in [9.17, 15) is 0 Å². The van der Waals surface area contributed by atoms with Crippen molar-refractivity contribution in [1.29, 1.82) is 0 Å². The molecule has 1 aromatic rings. The lowest BCUT2D eigenvalue weighted by Crippen LogP contribution is -2.42. The molecule has 3 rings (SSSR count). The highest BCUT2D eigenvalue weighted by Gasteiger charge is 2.42. The lowest BCUT2D eigenvalue weighted by Gasteiger charge is -2.25. The molecule has 6 heteroatoms. The maximum absolute atomic E-state index is 6.08. The fourth-order valence-corrected chi connectivity index (χ4v) is 3.50. The lowest BCUT2D eigenvalue weighted by molar-refractivity contribution is 0.156. The summed E-state index contributed by atoms with van der Waals surface area (Å²) in [6.45, 7) is 5.08. The molecule has 0 aromatic heterocycles. The van der Waals surface area contributed by atoms with Crippen LogP contribution >= 0.6 is 11.6 Å². The van der Waals surface area contributed by atoms with Gasteiger partial charge >= 0.3 is 0 Å². The Kier molecular flexibility index (Phi) is 5.28. The normalized spacial score (nSPS) is 24.4. The maximum atomic E-state index is 6.08. The van der Waals surface area contributed by atoms with Gasteiger partial charge in [-0.15, -0.1) is 0 Å². The van der Waals surface area contributed by atoms with E-state index in [1.807, 2.05) is 31.3 Å². The molecular weight excluding hydrogens is 314 g/mol. The molecule has 5 nitrogen and oxygen atoms in total. The second-order valence-corrected chi connectivity index (χ2v) is 6.63. The van der Waals surface area contributed by atoms with E-state index in [0.717, 1.165) is 38.7 Å². The molecule has 0 saturated carbocycles. The van der Waals surface area contributed by atoms with Gasteiger partial charge in [0.2, 0.25) is 0 Å². The zero-order valence-corrected chi connectivity index (χ0v) is 14.3. The van der Waals surface area contributed by atoms with Crippen molar-refractivity contribution in [2.45, 2.75) is 12.8 Å². The van der Waals surface area contributed by atoms with Gasteiger partial charge in [0.05, 0.1) is 18.2 Å². The summed E-state index contributed by atoms with van der Waals surface area (Å²) in [6.07, 6.45) is 2.35. The SMILES string of the molecule is CN=C(NCCOc1ccccc1Cl)N1CCC2(CCOC2)C1. The van der Waals surface area contributed by atoms with Crippen molar-refractivity contribution in [3.63, 3.8) is 0 Å². The number of rotatable bonds is 4. The van der Waals surface area contributed by atoms with E-state index in [1.165, 1.54) is 6.42 Å². The lowest BCUT2D eigenvalue weighted by atomic mass is 9.87. The van der Waals surface area contributed by atoms with E-state index in [0.29, 0.717) is 29.3 Å². The molecule has 1 unspecified atom stereocenters. The van der Waals surface area contributed by atoms with Crippen LogP contribution in [0.3, 0.4) is 0 Å². The largest absolute Gasteiger partial charge is 0.490 e. The molecule has 23 heavy (non-hydrogen) atoms. The number of guanidine groups is 1. The Morgan fingerprint density at radius 3 is 3.04 bits per heavy atom. The van der Waals surface area contributed by atoms with Crippen molar-refractivity contribution in [3.8, 4) is 5.75 Å². The predicted molar refractivity (Wildman–Crippen MR) is 92.4 cm³/mol. The number of hydrogen-bond acceptors (Lipinski definition) is 3. The highest BCUT2D eigenvalue weighted by molar-refractivity contribution is 6.32. The number of ether oxygens (including phenoxy) is 2. The van der Waals surface area contributed by atoms with Crippen molar-refractivity contribution in [1.82, 2.24) is 10.2 Å². The van der Waals surface area contributed by atoms with E-state index in [1.54, 1.807) is 0 Å². The molecule has 2 aliphatic heterocycles. The van der Waals surface area contributed by atoms with Gasteiger partial charge in [-0.05, 0) is 25.0 Å². The van der Waals surface area contributed by atoms with Crippen LogP contribution in [0.1, 0.15) is 12.8 Å². The Morgan fingerprint density at radius 2 is 2.30 bits per heavy atom. The third-order valence-corrected chi connectivity index (χ3v) is 4.93. The highest BCUT2D eigenvalue weighted by Crippen LogP contribution is 2.38. The number of nitrogens with zero attached hydrogens (tertiary/aromatic N) is 2. The van der Waals surface area contributed by atoms with Gasteiger partial charge in [-0.25, -0.2) is 0 Å². The molecule has 126 valence electrons. The molecule has 2 fully saturated rings. The van der Waals surface area contributed by atoms with E-state index in [4.69, 9.17) is 21.1 Å². The quantitative estimate of drug-likeness (QED) is 0.520. The molecule has 2 heterocycles. The summed E-state index contributed by atoms with van der Waals surface area (Å²) in [6, 6.07) is 7.52. The molecule has 0 radical (unpaired) electrons. The van der Waals surface area contributed by atoms with Gasteiger partial charge in [0.15, 0.2) is 5.96 Å². The van der Waals surface area contributed by atoms with Crippen LogP contribution in [-0.4, -0.2) is 57.4 Å². The average molecular weight is 338 g/mol. The minimum absolute atomic E-state index is 0.339. The van der Waals surface area contributed by atoms with Crippen LogP contribution in [0.25, 0.3) is 0 Å². The highest BCUT2D eigenvalue weighted by atomic mass is 35.5. The van der Waals surface area contributed by atoms with Crippen LogP contribution in [0.5, 0.6) is 5.75 Å². The van der Waals surface area contributed by atoms with Crippen LogP contribution in [0.15, 0.2) is 29.3 Å². The molecule has 1 aromatic carbocycles. The van der Waals surface area contributed by atoms with Crippen LogP contribution in [0, 0.1) is 5.41 Å². The number of benzene rings is 1. The van der Waals surface area contributed by atoms with E-state index in [-0.39, 0.29) is 0 Å². The number of nitrogens with one attached hydrogen (secondary N) is 1. The van der Waals surface area contributed by atoms with Crippen molar-refractivity contribution in [2.24, 2.45) is 10.4 Å². The molecule has 0 bridgehead atoms. The average Bonchev–Trinajstić information content (AvgIpc) is 3.20. The van der Waals surface area contributed by atoms with E-state index < -0.39 is 0 Å². The van der Waals surface area contributed by atoms with Gasteiger partial charge in [0.1, 0.15) is 12.4 Å². The molecule has 0 amide bonds. The Morgan fingerprint density at radius 1 is 1.43 bits per heavy atom. The standard InChI is InChI=1S/C17H24ClN3O2/c1-19-16(21-9-6-17(12-21)7-10-22-13-17)20-8-11-23-15-5-3-2-4-14(15)18/h2-5H,6-13H2,1H3,(H,19,20).